The normalized spacial score (nSPS) is 10.5. The van der Waals surface area contributed by atoms with E-state index in [1.54, 1.807) is 19.2 Å². The second-order valence-electron chi connectivity index (χ2n) is 4.73. The largest absolute Gasteiger partial charge is 0.505 e. The van der Waals surface area contributed by atoms with Gasteiger partial charge in [0.15, 0.2) is 5.75 Å². The first-order valence-corrected chi connectivity index (χ1v) is 6.59. The third-order valence-corrected chi connectivity index (χ3v) is 3.33. The molecule has 21 heavy (non-hydrogen) atoms. The molecule has 1 heterocycles. The van der Waals surface area contributed by atoms with Gasteiger partial charge in [-0.25, -0.2) is 4.68 Å². The Hall–Kier alpha value is -2.88. The van der Waals surface area contributed by atoms with Crippen LogP contribution in [-0.2, 0) is 7.05 Å². The highest BCUT2D eigenvalue weighted by molar-refractivity contribution is 5.78. The minimum atomic E-state index is -0.321. The molecule has 0 saturated heterocycles. The first-order valence-electron chi connectivity index (χ1n) is 6.59. The number of aryl methyl sites for hydroxylation is 1. The second kappa shape index (κ2) is 5.25. The average Bonchev–Trinajstić information content (AvgIpc) is 2.53. The summed E-state index contributed by atoms with van der Waals surface area (Å²) in [6, 6.07) is 18.4. The smallest absolute Gasteiger partial charge is 0.278 e. The Balaban J connectivity index is 2.31. The van der Waals surface area contributed by atoms with Crippen LogP contribution < -0.4 is 5.56 Å². The van der Waals surface area contributed by atoms with Gasteiger partial charge in [0.2, 0.25) is 0 Å². The second-order valence-corrected chi connectivity index (χ2v) is 4.73. The Morgan fingerprint density at radius 3 is 2.00 bits per heavy atom. The molecule has 1 N–H and O–H groups in total. The maximum Gasteiger partial charge on any atom is 0.278 e. The van der Waals surface area contributed by atoms with Gasteiger partial charge >= 0.3 is 0 Å². The van der Waals surface area contributed by atoms with E-state index in [1.807, 2.05) is 48.5 Å². The molecular formula is C17H14N2O2. The van der Waals surface area contributed by atoms with Crippen LogP contribution in [0, 0.1) is 0 Å². The Morgan fingerprint density at radius 2 is 1.43 bits per heavy atom. The molecule has 0 fully saturated rings. The topological polar surface area (TPSA) is 55.1 Å². The van der Waals surface area contributed by atoms with Crippen molar-refractivity contribution in [3.63, 3.8) is 0 Å². The molecule has 0 radical (unpaired) electrons. The maximum absolute atomic E-state index is 12.3. The molecule has 0 spiro atoms. The van der Waals surface area contributed by atoms with E-state index in [0.717, 1.165) is 5.56 Å². The van der Waals surface area contributed by atoms with Crippen molar-refractivity contribution < 1.29 is 5.11 Å². The van der Waals surface area contributed by atoms with E-state index in [4.69, 9.17) is 0 Å². The average molecular weight is 278 g/mol. The van der Waals surface area contributed by atoms with Crippen molar-refractivity contribution >= 4 is 0 Å². The molecule has 4 heteroatoms. The molecule has 0 aliphatic carbocycles. The van der Waals surface area contributed by atoms with Crippen LogP contribution in [0.1, 0.15) is 0 Å². The lowest BCUT2D eigenvalue weighted by molar-refractivity contribution is 0.470. The summed E-state index contributed by atoms with van der Waals surface area (Å²) in [6.07, 6.45) is 0. The summed E-state index contributed by atoms with van der Waals surface area (Å²) < 4.78 is 1.25. The third kappa shape index (κ3) is 2.31. The summed E-state index contributed by atoms with van der Waals surface area (Å²) in [7, 11) is 1.58. The molecule has 0 bridgehead atoms. The Labute approximate surface area is 121 Å². The van der Waals surface area contributed by atoms with Crippen LogP contribution >= 0.6 is 0 Å². The van der Waals surface area contributed by atoms with Crippen LogP contribution in [0.15, 0.2) is 65.5 Å². The van der Waals surface area contributed by atoms with E-state index in [9.17, 15) is 9.90 Å². The lowest BCUT2D eigenvalue weighted by atomic mass is 10.0. The van der Waals surface area contributed by atoms with E-state index in [2.05, 4.69) is 5.10 Å². The molecule has 4 nitrogen and oxygen atoms in total. The predicted octanol–water partition coefficient (Wildman–Crippen LogP) is 2.82. The van der Waals surface area contributed by atoms with E-state index < -0.39 is 0 Å². The molecular weight excluding hydrogens is 264 g/mol. The van der Waals surface area contributed by atoms with Crippen LogP contribution in [0.3, 0.4) is 0 Å². The summed E-state index contributed by atoms with van der Waals surface area (Å²) in [4.78, 5) is 12.3. The van der Waals surface area contributed by atoms with Crippen molar-refractivity contribution in [2.75, 3.05) is 0 Å². The number of aromatic hydroxyl groups is 1. The molecule has 3 rings (SSSR count). The molecule has 0 atom stereocenters. The zero-order chi connectivity index (χ0) is 14.8. The van der Waals surface area contributed by atoms with Gasteiger partial charge in [-0.3, -0.25) is 4.79 Å². The Morgan fingerprint density at radius 1 is 0.905 bits per heavy atom. The molecule has 0 unspecified atom stereocenters. The highest BCUT2D eigenvalue weighted by Crippen LogP contribution is 2.33. The summed E-state index contributed by atoms with van der Waals surface area (Å²) in [5, 5.41) is 14.7. The van der Waals surface area contributed by atoms with Crippen LogP contribution in [0.2, 0.25) is 0 Å². The fourth-order valence-corrected chi connectivity index (χ4v) is 2.28. The molecule has 2 aromatic carbocycles. The minimum Gasteiger partial charge on any atom is -0.505 e. The molecule has 3 aromatic rings. The number of hydrogen-bond acceptors (Lipinski definition) is 3. The van der Waals surface area contributed by atoms with Crippen LogP contribution in [0.5, 0.6) is 5.75 Å². The van der Waals surface area contributed by atoms with Gasteiger partial charge in [-0.15, -0.1) is 0 Å². The van der Waals surface area contributed by atoms with Gasteiger partial charge in [-0.1, -0.05) is 60.7 Å². The van der Waals surface area contributed by atoms with Crippen molar-refractivity contribution in [1.82, 2.24) is 9.78 Å². The summed E-state index contributed by atoms with van der Waals surface area (Å²) in [5.41, 5.74) is 1.79. The van der Waals surface area contributed by atoms with Crippen molar-refractivity contribution in [2.24, 2.45) is 7.05 Å². The lowest BCUT2D eigenvalue weighted by Gasteiger charge is -2.11. The standard InChI is InChI=1S/C17H14N2O2/c1-19-17(21)14(12-8-4-2-5-9-12)16(20)15(18-19)13-10-6-3-7-11-13/h2-11,20H,1H3. The summed E-state index contributed by atoms with van der Waals surface area (Å²) in [5.74, 6) is -0.0875. The minimum absolute atomic E-state index is 0.0875. The van der Waals surface area contributed by atoms with E-state index in [-0.39, 0.29) is 16.9 Å². The Kier molecular flexibility index (Phi) is 3.28. The summed E-state index contributed by atoms with van der Waals surface area (Å²) >= 11 is 0. The van der Waals surface area contributed by atoms with Gasteiger partial charge in [-0.05, 0) is 5.56 Å². The number of hydrogen-bond donors (Lipinski definition) is 1. The zero-order valence-electron chi connectivity index (χ0n) is 11.5. The SMILES string of the molecule is Cn1nc(-c2ccccc2)c(O)c(-c2ccccc2)c1=O. The first kappa shape index (κ1) is 13.1. The zero-order valence-corrected chi connectivity index (χ0v) is 11.5. The molecule has 0 aliphatic heterocycles. The van der Waals surface area contributed by atoms with Crippen molar-refractivity contribution in [3.8, 4) is 28.1 Å². The highest BCUT2D eigenvalue weighted by Gasteiger charge is 2.17. The van der Waals surface area contributed by atoms with E-state index in [1.165, 1.54) is 4.68 Å². The molecule has 1 aromatic heterocycles. The first-order chi connectivity index (χ1) is 10.2. The van der Waals surface area contributed by atoms with Crippen molar-refractivity contribution in [2.45, 2.75) is 0 Å². The number of benzene rings is 2. The predicted molar refractivity (Wildman–Crippen MR) is 82.0 cm³/mol. The molecule has 0 saturated carbocycles. The maximum atomic E-state index is 12.3. The summed E-state index contributed by atoms with van der Waals surface area (Å²) in [6.45, 7) is 0. The van der Waals surface area contributed by atoms with Gasteiger partial charge in [0.25, 0.3) is 5.56 Å². The van der Waals surface area contributed by atoms with Gasteiger partial charge in [0.1, 0.15) is 5.69 Å². The van der Waals surface area contributed by atoms with Gasteiger partial charge < -0.3 is 5.11 Å². The monoisotopic (exact) mass is 278 g/mol. The molecule has 0 amide bonds. The van der Waals surface area contributed by atoms with Crippen LogP contribution in [0.4, 0.5) is 0 Å². The highest BCUT2D eigenvalue weighted by atomic mass is 16.3. The molecule has 0 aliphatic rings. The van der Waals surface area contributed by atoms with Crippen LogP contribution in [-0.4, -0.2) is 14.9 Å². The van der Waals surface area contributed by atoms with Gasteiger partial charge in [0, 0.05) is 12.6 Å². The van der Waals surface area contributed by atoms with Crippen molar-refractivity contribution in [1.29, 1.82) is 0 Å². The fraction of sp³-hybridized carbons (Fsp3) is 0.0588. The van der Waals surface area contributed by atoms with Crippen LogP contribution in [0.25, 0.3) is 22.4 Å². The number of rotatable bonds is 2. The van der Waals surface area contributed by atoms with E-state index >= 15 is 0 Å². The van der Waals surface area contributed by atoms with Gasteiger partial charge in [-0.2, -0.15) is 5.10 Å². The lowest BCUT2D eigenvalue weighted by Crippen LogP contribution is -2.22. The van der Waals surface area contributed by atoms with Crippen molar-refractivity contribution in [3.05, 3.63) is 71.0 Å². The number of nitrogens with zero attached hydrogens (tertiary/aromatic N) is 2. The third-order valence-electron chi connectivity index (χ3n) is 3.33. The Bertz CT molecular complexity index is 825. The number of aromatic nitrogens is 2. The van der Waals surface area contributed by atoms with E-state index in [0.29, 0.717) is 11.3 Å². The fourth-order valence-electron chi connectivity index (χ4n) is 2.28. The van der Waals surface area contributed by atoms with Gasteiger partial charge in [0.05, 0.1) is 5.56 Å². The quantitative estimate of drug-likeness (QED) is 0.784. The molecule has 104 valence electrons.